The van der Waals surface area contributed by atoms with Gasteiger partial charge in [-0.05, 0) is 71.6 Å². The van der Waals surface area contributed by atoms with E-state index in [-0.39, 0.29) is 5.63 Å². The van der Waals surface area contributed by atoms with Crippen LogP contribution in [0.1, 0.15) is 52.5 Å². The highest BCUT2D eigenvalue weighted by molar-refractivity contribution is 5.84. The second-order valence-corrected chi connectivity index (χ2v) is 7.80. The van der Waals surface area contributed by atoms with Crippen LogP contribution >= 0.6 is 0 Å². The number of rotatable bonds is 5. The average Bonchev–Trinajstić information content (AvgIpc) is 2.61. The fourth-order valence-electron chi connectivity index (χ4n) is 3.35. The summed E-state index contributed by atoms with van der Waals surface area (Å²) in [7, 11) is 0. The van der Waals surface area contributed by atoms with Crippen molar-refractivity contribution < 1.29 is 9.15 Å². The predicted octanol–water partition coefficient (Wildman–Crippen LogP) is 6.13. The highest BCUT2D eigenvalue weighted by Crippen LogP contribution is 2.37. The fourth-order valence-corrected chi connectivity index (χ4v) is 3.35. The van der Waals surface area contributed by atoms with Gasteiger partial charge in [0.05, 0.1) is 10.9 Å². The SMILES string of the molecule is CC(C)=CCCC(C)=CC=CC1(C)CCc2c(c3ccccc3oc2=O)O1. The zero-order chi connectivity index (χ0) is 19.4. The van der Waals surface area contributed by atoms with Gasteiger partial charge in [0.15, 0.2) is 0 Å². The topological polar surface area (TPSA) is 39.4 Å². The molecule has 1 aromatic heterocycles. The molecule has 3 heteroatoms. The molecular formula is C24H28O3. The minimum atomic E-state index is -0.430. The first kappa shape index (κ1) is 19.2. The largest absolute Gasteiger partial charge is 0.482 e. The molecule has 1 atom stereocenters. The standard InChI is InChI=1S/C24H28O3/c1-17(2)9-7-10-18(3)11-8-15-24(4)16-14-20-22(27-24)19-12-5-6-13-21(19)26-23(20)25/h5-6,8-9,11-13,15H,7,10,14,16H2,1-4H3. The van der Waals surface area contributed by atoms with Gasteiger partial charge in [0, 0.05) is 0 Å². The Labute approximate surface area is 161 Å². The molecule has 0 saturated heterocycles. The Morgan fingerprint density at radius 1 is 1.22 bits per heavy atom. The first-order valence-corrected chi connectivity index (χ1v) is 9.60. The third-order valence-corrected chi connectivity index (χ3v) is 4.98. The second kappa shape index (κ2) is 7.99. The minimum Gasteiger partial charge on any atom is -0.482 e. The number of benzene rings is 1. The zero-order valence-corrected chi connectivity index (χ0v) is 16.7. The van der Waals surface area contributed by atoms with Crippen LogP contribution in [0.25, 0.3) is 11.0 Å². The second-order valence-electron chi connectivity index (χ2n) is 7.80. The van der Waals surface area contributed by atoms with Crippen molar-refractivity contribution in [2.45, 2.75) is 59.0 Å². The van der Waals surface area contributed by atoms with Crippen LogP contribution in [0.5, 0.6) is 5.75 Å². The van der Waals surface area contributed by atoms with E-state index in [1.165, 1.54) is 11.1 Å². The summed E-state index contributed by atoms with van der Waals surface area (Å²) in [6, 6.07) is 7.55. The summed E-state index contributed by atoms with van der Waals surface area (Å²) >= 11 is 0. The molecule has 1 unspecified atom stereocenters. The number of hydrogen-bond acceptors (Lipinski definition) is 3. The van der Waals surface area contributed by atoms with Crippen molar-refractivity contribution in [3.63, 3.8) is 0 Å². The monoisotopic (exact) mass is 364 g/mol. The third-order valence-electron chi connectivity index (χ3n) is 4.98. The zero-order valence-electron chi connectivity index (χ0n) is 16.7. The molecule has 1 aliphatic rings. The van der Waals surface area contributed by atoms with E-state index < -0.39 is 5.60 Å². The third kappa shape index (κ3) is 4.60. The highest BCUT2D eigenvalue weighted by atomic mass is 16.5. The Bertz CT molecular complexity index is 971. The fraction of sp³-hybridized carbons (Fsp3) is 0.375. The van der Waals surface area contributed by atoms with Crippen molar-refractivity contribution in [2.24, 2.45) is 0 Å². The van der Waals surface area contributed by atoms with E-state index in [1.807, 2.05) is 18.2 Å². The maximum absolute atomic E-state index is 12.3. The molecule has 2 heterocycles. The van der Waals surface area contributed by atoms with E-state index >= 15 is 0 Å². The summed E-state index contributed by atoms with van der Waals surface area (Å²) in [6.07, 6.45) is 12.1. The van der Waals surface area contributed by atoms with Gasteiger partial charge in [-0.25, -0.2) is 4.79 Å². The summed E-state index contributed by atoms with van der Waals surface area (Å²) in [5.74, 6) is 0.671. The lowest BCUT2D eigenvalue weighted by Gasteiger charge is -2.33. The Kier molecular flexibility index (Phi) is 5.69. The lowest BCUT2D eigenvalue weighted by molar-refractivity contribution is 0.115. The van der Waals surface area contributed by atoms with Gasteiger partial charge in [0.1, 0.15) is 16.9 Å². The van der Waals surface area contributed by atoms with Crippen molar-refractivity contribution in [2.75, 3.05) is 0 Å². The Balaban J connectivity index is 1.80. The van der Waals surface area contributed by atoms with E-state index in [0.29, 0.717) is 23.3 Å². The molecule has 0 bridgehead atoms. The van der Waals surface area contributed by atoms with Crippen molar-refractivity contribution in [1.29, 1.82) is 0 Å². The van der Waals surface area contributed by atoms with Crippen LogP contribution in [0.15, 0.2) is 68.9 Å². The first-order valence-electron chi connectivity index (χ1n) is 9.60. The number of para-hydroxylation sites is 1. The highest BCUT2D eigenvalue weighted by Gasteiger charge is 2.32. The van der Waals surface area contributed by atoms with Gasteiger partial charge in [-0.15, -0.1) is 0 Å². The van der Waals surface area contributed by atoms with Gasteiger partial charge < -0.3 is 9.15 Å². The van der Waals surface area contributed by atoms with Crippen molar-refractivity contribution >= 4 is 11.0 Å². The number of fused-ring (bicyclic) bond motifs is 3. The number of hydrogen-bond donors (Lipinski definition) is 0. The van der Waals surface area contributed by atoms with E-state index in [4.69, 9.17) is 9.15 Å². The van der Waals surface area contributed by atoms with Gasteiger partial charge >= 0.3 is 5.63 Å². The van der Waals surface area contributed by atoms with E-state index in [0.717, 1.165) is 24.6 Å². The molecule has 3 nitrogen and oxygen atoms in total. The van der Waals surface area contributed by atoms with Crippen LogP contribution < -0.4 is 10.4 Å². The summed E-state index contributed by atoms with van der Waals surface area (Å²) in [6.45, 7) is 8.48. The first-order chi connectivity index (χ1) is 12.9. The van der Waals surface area contributed by atoms with E-state index in [1.54, 1.807) is 6.07 Å². The molecule has 142 valence electrons. The van der Waals surface area contributed by atoms with E-state index in [2.05, 4.69) is 52.0 Å². The minimum absolute atomic E-state index is 0.287. The molecule has 0 aliphatic carbocycles. The summed E-state index contributed by atoms with van der Waals surface area (Å²) in [5.41, 5.74) is 3.20. The van der Waals surface area contributed by atoms with Crippen molar-refractivity contribution in [1.82, 2.24) is 0 Å². The number of allylic oxidation sites excluding steroid dienone is 5. The quantitative estimate of drug-likeness (QED) is 0.364. The maximum Gasteiger partial charge on any atom is 0.343 e. The average molecular weight is 364 g/mol. The van der Waals surface area contributed by atoms with Crippen molar-refractivity contribution in [3.8, 4) is 5.75 Å². The smallest absolute Gasteiger partial charge is 0.343 e. The summed E-state index contributed by atoms with van der Waals surface area (Å²) in [5, 5.41) is 0.861. The molecule has 0 radical (unpaired) electrons. The maximum atomic E-state index is 12.3. The Morgan fingerprint density at radius 3 is 2.78 bits per heavy atom. The van der Waals surface area contributed by atoms with Crippen LogP contribution in [0, 0.1) is 0 Å². The van der Waals surface area contributed by atoms with Gasteiger partial charge in [-0.1, -0.05) is 41.5 Å². The molecule has 27 heavy (non-hydrogen) atoms. The predicted molar refractivity (Wildman–Crippen MR) is 111 cm³/mol. The number of ether oxygens (including phenoxy) is 1. The molecule has 1 aliphatic heterocycles. The Hall–Kier alpha value is -2.55. The van der Waals surface area contributed by atoms with Crippen LogP contribution in [-0.4, -0.2) is 5.60 Å². The lowest BCUT2D eigenvalue weighted by atomic mass is 9.92. The molecule has 2 aromatic rings. The van der Waals surface area contributed by atoms with Gasteiger partial charge in [-0.3, -0.25) is 0 Å². The molecule has 0 saturated carbocycles. The van der Waals surface area contributed by atoms with Crippen molar-refractivity contribution in [3.05, 3.63) is 75.7 Å². The van der Waals surface area contributed by atoms with E-state index in [9.17, 15) is 4.79 Å². The van der Waals surface area contributed by atoms with Gasteiger partial charge in [-0.2, -0.15) is 0 Å². The summed E-state index contributed by atoms with van der Waals surface area (Å²) < 4.78 is 11.7. The van der Waals surface area contributed by atoms with Crippen LogP contribution in [0.2, 0.25) is 0 Å². The Morgan fingerprint density at radius 2 is 2.00 bits per heavy atom. The molecule has 0 spiro atoms. The van der Waals surface area contributed by atoms with Crippen LogP contribution in [0.3, 0.4) is 0 Å². The van der Waals surface area contributed by atoms with Gasteiger partial charge in [0.25, 0.3) is 0 Å². The molecule has 0 amide bonds. The van der Waals surface area contributed by atoms with Gasteiger partial charge in [0.2, 0.25) is 0 Å². The normalized spacial score (nSPS) is 19.8. The molecule has 0 N–H and O–H groups in total. The molecular weight excluding hydrogens is 336 g/mol. The summed E-state index contributed by atoms with van der Waals surface area (Å²) in [4.78, 5) is 12.3. The molecule has 1 aromatic carbocycles. The van der Waals surface area contributed by atoms with Crippen LogP contribution in [-0.2, 0) is 6.42 Å². The molecule has 0 fully saturated rings. The molecule has 3 rings (SSSR count). The lowest BCUT2D eigenvalue weighted by Crippen LogP contribution is -2.36. The van der Waals surface area contributed by atoms with Crippen LogP contribution in [0.4, 0.5) is 0 Å².